The highest BCUT2D eigenvalue weighted by Gasteiger charge is 2.44. The summed E-state index contributed by atoms with van der Waals surface area (Å²) in [6.07, 6.45) is 5.01. The molecule has 2 aliphatic rings. The molecule has 1 aliphatic heterocycles. The van der Waals surface area contributed by atoms with E-state index in [4.69, 9.17) is 14.2 Å². The summed E-state index contributed by atoms with van der Waals surface area (Å²) >= 11 is 0. The fourth-order valence-electron chi connectivity index (χ4n) is 5.36. The van der Waals surface area contributed by atoms with E-state index in [1.807, 2.05) is 61.5 Å². The first-order valence-corrected chi connectivity index (χ1v) is 12.7. The third-order valence-corrected chi connectivity index (χ3v) is 7.13. The molecule has 2 aromatic carbocycles. The van der Waals surface area contributed by atoms with Crippen LogP contribution in [0.3, 0.4) is 0 Å². The van der Waals surface area contributed by atoms with Crippen LogP contribution in [-0.4, -0.2) is 54.8 Å². The van der Waals surface area contributed by atoms with Crippen molar-refractivity contribution in [2.45, 2.75) is 38.9 Å². The van der Waals surface area contributed by atoms with Crippen molar-refractivity contribution in [3.8, 4) is 5.75 Å². The van der Waals surface area contributed by atoms with Crippen molar-refractivity contribution < 1.29 is 29.2 Å². The van der Waals surface area contributed by atoms with E-state index < -0.39 is 6.10 Å². The van der Waals surface area contributed by atoms with Crippen molar-refractivity contribution in [1.82, 2.24) is 0 Å². The molecule has 1 fully saturated rings. The van der Waals surface area contributed by atoms with Crippen LogP contribution >= 0.6 is 0 Å². The molecular formula is C30H36O6. The second-order valence-corrected chi connectivity index (χ2v) is 9.59. The molecule has 5 atom stereocenters. The monoisotopic (exact) mass is 492 g/mol. The minimum Gasteiger partial charge on any atom is -0.493 e. The van der Waals surface area contributed by atoms with Gasteiger partial charge in [0.15, 0.2) is 0 Å². The number of rotatable bonds is 9. The molecular weight excluding hydrogens is 456 g/mol. The average Bonchev–Trinajstić information content (AvgIpc) is 3.08. The highest BCUT2D eigenvalue weighted by molar-refractivity contribution is 5.90. The summed E-state index contributed by atoms with van der Waals surface area (Å²) in [5, 5.41) is 20.9. The predicted octanol–water partition coefficient (Wildman–Crippen LogP) is 4.67. The number of hydrogen-bond donors (Lipinski definition) is 2. The van der Waals surface area contributed by atoms with E-state index >= 15 is 0 Å². The topological polar surface area (TPSA) is 85.2 Å². The van der Waals surface area contributed by atoms with Gasteiger partial charge >= 0.3 is 5.97 Å². The van der Waals surface area contributed by atoms with E-state index in [-0.39, 0.29) is 36.4 Å². The average molecular weight is 493 g/mol. The van der Waals surface area contributed by atoms with Gasteiger partial charge in [-0.15, -0.1) is 0 Å². The molecule has 2 aromatic rings. The molecule has 6 nitrogen and oxygen atoms in total. The zero-order chi connectivity index (χ0) is 25.5. The molecule has 1 heterocycles. The summed E-state index contributed by atoms with van der Waals surface area (Å²) in [6.45, 7) is 4.93. The molecule has 0 aromatic heterocycles. The van der Waals surface area contributed by atoms with Crippen LogP contribution in [0.4, 0.5) is 0 Å². The number of esters is 1. The largest absolute Gasteiger partial charge is 0.493 e. The van der Waals surface area contributed by atoms with E-state index in [1.54, 1.807) is 13.0 Å². The fraction of sp³-hybridized carbons (Fsp3) is 0.433. The van der Waals surface area contributed by atoms with Gasteiger partial charge in [0.05, 0.1) is 44.2 Å². The van der Waals surface area contributed by atoms with E-state index in [0.29, 0.717) is 31.8 Å². The quantitative estimate of drug-likeness (QED) is 0.391. The van der Waals surface area contributed by atoms with Gasteiger partial charge in [-0.3, -0.25) is 0 Å². The minimum absolute atomic E-state index is 0.0293. The Hall–Kier alpha value is -2.93. The van der Waals surface area contributed by atoms with Gasteiger partial charge in [0, 0.05) is 18.3 Å². The van der Waals surface area contributed by atoms with Crippen LogP contribution in [0.15, 0.2) is 72.3 Å². The summed E-state index contributed by atoms with van der Waals surface area (Å²) in [4.78, 5) is 12.2. The Balaban J connectivity index is 1.47. The number of fused-ring (bicyclic) bond motifs is 1. The van der Waals surface area contributed by atoms with Gasteiger partial charge in [-0.25, -0.2) is 4.79 Å². The first kappa shape index (κ1) is 26.1. The Bertz CT molecular complexity index is 1080. The Labute approximate surface area is 213 Å². The van der Waals surface area contributed by atoms with E-state index in [9.17, 15) is 15.0 Å². The Kier molecular flexibility index (Phi) is 8.97. The maximum Gasteiger partial charge on any atom is 0.338 e. The predicted molar refractivity (Wildman–Crippen MR) is 139 cm³/mol. The number of aliphatic hydroxyl groups is 2. The zero-order valence-electron chi connectivity index (χ0n) is 21.0. The molecule has 0 spiro atoms. The number of aliphatic hydroxyl groups excluding tert-OH is 2. The van der Waals surface area contributed by atoms with Gasteiger partial charge in [-0.1, -0.05) is 48.1 Å². The van der Waals surface area contributed by atoms with E-state index in [2.05, 4.69) is 6.08 Å². The lowest BCUT2D eigenvalue weighted by atomic mass is 9.83. The molecule has 1 unspecified atom stereocenters. The number of carbonyl (C=O) groups is 1. The third-order valence-electron chi connectivity index (χ3n) is 7.13. The van der Waals surface area contributed by atoms with Gasteiger partial charge in [0.2, 0.25) is 0 Å². The molecule has 36 heavy (non-hydrogen) atoms. The van der Waals surface area contributed by atoms with Crippen LogP contribution < -0.4 is 4.74 Å². The molecule has 0 radical (unpaired) electrons. The molecule has 6 heteroatoms. The first-order valence-electron chi connectivity index (χ1n) is 12.7. The van der Waals surface area contributed by atoms with Gasteiger partial charge in [0.25, 0.3) is 0 Å². The van der Waals surface area contributed by atoms with Gasteiger partial charge < -0.3 is 24.4 Å². The maximum absolute atomic E-state index is 12.2. The normalized spacial score (nSPS) is 24.9. The number of benzene rings is 2. The smallest absolute Gasteiger partial charge is 0.338 e. The van der Waals surface area contributed by atoms with Crippen LogP contribution in [0.2, 0.25) is 0 Å². The van der Waals surface area contributed by atoms with Crippen molar-refractivity contribution in [3.63, 3.8) is 0 Å². The Morgan fingerprint density at radius 1 is 1.19 bits per heavy atom. The summed E-state index contributed by atoms with van der Waals surface area (Å²) < 4.78 is 17.3. The van der Waals surface area contributed by atoms with E-state index in [1.165, 1.54) is 0 Å². The summed E-state index contributed by atoms with van der Waals surface area (Å²) in [6, 6.07) is 17.0. The third kappa shape index (κ3) is 6.25. The Morgan fingerprint density at radius 2 is 2.00 bits per heavy atom. The summed E-state index contributed by atoms with van der Waals surface area (Å²) in [5.41, 5.74) is 3.56. The fourth-order valence-corrected chi connectivity index (χ4v) is 5.36. The molecule has 1 saturated carbocycles. The zero-order valence-corrected chi connectivity index (χ0v) is 21.0. The highest BCUT2D eigenvalue weighted by Crippen LogP contribution is 2.43. The lowest BCUT2D eigenvalue weighted by Gasteiger charge is -2.25. The maximum atomic E-state index is 12.2. The van der Waals surface area contributed by atoms with Crippen LogP contribution in [-0.2, 0) is 9.47 Å². The second kappa shape index (κ2) is 12.3. The standard InChI is InChI=1S/C30H36O6/c1-3-34-30(33)23-9-7-8-22(15-23)24-12-13-26-28(36-19-24)16-27(32)29(26)20(2)14-21(17-31)18-35-25-10-5-4-6-11-25/h4-12,14-15,21,26-29,31-32H,3,13,16-19H2,1-2H3/b20-14+/t21?,26-,27+,28-,29+/m0/s1. The van der Waals surface area contributed by atoms with Gasteiger partial charge in [0.1, 0.15) is 5.75 Å². The molecule has 192 valence electrons. The van der Waals surface area contributed by atoms with Crippen LogP contribution in [0.1, 0.15) is 42.6 Å². The van der Waals surface area contributed by atoms with Crippen molar-refractivity contribution in [1.29, 1.82) is 0 Å². The number of hydrogen-bond acceptors (Lipinski definition) is 6. The number of allylic oxidation sites excluding steroid dienone is 1. The molecule has 0 bridgehead atoms. The Morgan fingerprint density at radius 3 is 2.75 bits per heavy atom. The number of para-hydroxylation sites is 1. The minimum atomic E-state index is -0.493. The SMILES string of the molecule is CCOC(=O)c1cccc(C2=CC[C@@H]3[C@@H](/C(C)=C/C(CO)COc4ccccc4)[C@H](O)C[C@@H]3OC2)c1. The highest BCUT2D eigenvalue weighted by atomic mass is 16.5. The lowest BCUT2D eigenvalue weighted by molar-refractivity contribution is 0.0466. The van der Waals surface area contributed by atoms with Gasteiger partial charge in [-0.05, 0) is 61.6 Å². The number of ether oxygens (including phenoxy) is 3. The molecule has 0 amide bonds. The van der Waals surface area contributed by atoms with Crippen molar-refractivity contribution in [2.24, 2.45) is 17.8 Å². The van der Waals surface area contributed by atoms with Crippen molar-refractivity contribution in [3.05, 3.63) is 83.4 Å². The molecule has 1 aliphatic carbocycles. The molecule has 2 N–H and O–H groups in total. The van der Waals surface area contributed by atoms with Gasteiger partial charge in [-0.2, -0.15) is 0 Å². The van der Waals surface area contributed by atoms with Crippen molar-refractivity contribution >= 4 is 11.5 Å². The second-order valence-electron chi connectivity index (χ2n) is 9.59. The number of carbonyl (C=O) groups excluding carboxylic acids is 1. The van der Waals surface area contributed by atoms with E-state index in [0.717, 1.165) is 28.9 Å². The molecule has 4 rings (SSSR count). The van der Waals surface area contributed by atoms with Crippen LogP contribution in [0, 0.1) is 17.8 Å². The summed E-state index contributed by atoms with van der Waals surface area (Å²) in [5.74, 6) is 0.355. The molecule has 0 saturated heterocycles. The lowest BCUT2D eigenvalue weighted by Crippen LogP contribution is -2.25. The van der Waals surface area contributed by atoms with Crippen LogP contribution in [0.5, 0.6) is 5.75 Å². The van der Waals surface area contributed by atoms with Crippen molar-refractivity contribution in [2.75, 3.05) is 26.4 Å². The van der Waals surface area contributed by atoms with Crippen LogP contribution in [0.25, 0.3) is 5.57 Å². The summed E-state index contributed by atoms with van der Waals surface area (Å²) in [7, 11) is 0. The first-order chi connectivity index (χ1) is 17.5.